The Hall–Kier alpha value is -3.25. The molecule has 35 heavy (non-hydrogen) atoms. The molecule has 5 aromatic rings. The zero-order valence-corrected chi connectivity index (χ0v) is 21.7. The van der Waals surface area contributed by atoms with Crippen molar-refractivity contribution in [2.45, 2.75) is 12.7 Å². The van der Waals surface area contributed by atoms with Crippen LogP contribution in [0.2, 0.25) is 0 Å². The third-order valence-electron chi connectivity index (χ3n) is 6.77. The Morgan fingerprint density at radius 3 is 1.71 bits per heavy atom. The molecule has 5 rings (SSSR count). The molecule has 0 saturated heterocycles. The summed E-state index contributed by atoms with van der Waals surface area (Å²) < 4.78 is 15.9. The predicted molar refractivity (Wildman–Crippen MR) is 150 cm³/mol. The first kappa shape index (κ1) is 23.5. The quantitative estimate of drug-likeness (QED) is 0.207. The van der Waals surface area contributed by atoms with Gasteiger partial charge in [-0.05, 0) is 0 Å². The molecule has 2 nitrogen and oxygen atoms in total. The van der Waals surface area contributed by atoms with Crippen LogP contribution >= 0.6 is 20.8 Å². The number of halogens is 2. The monoisotopic (exact) mass is 542 g/mol. The molecule has 0 bridgehead atoms. The molecule has 0 aliphatic rings. The van der Waals surface area contributed by atoms with Crippen LogP contribution in [0.5, 0.6) is 0 Å². The van der Waals surface area contributed by atoms with Crippen molar-refractivity contribution < 1.29 is 4.39 Å². The van der Waals surface area contributed by atoms with Gasteiger partial charge in [0.15, 0.2) is 0 Å². The topological polar surface area (TPSA) is 28.7 Å². The molecule has 0 radical (unpaired) electrons. The Morgan fingerprint density at radius 1 is 0.743 bits per heavy atom. The van der Waals surface area contributed by atoms with Crippen LogP contribution in [0.25, 0.3) is 10.9 Å². The van der Waals surface area contributed by atoms with Gasteiger partial charge < -0.3 is 0 Å². The standard InChI is InChI=1S/C30H25BrFN2P/c31-35(27-10-4-1-5-11-27,28-12-6-2-7-13-28,29-14-8-3-9-15-29)23-26-21-25-17-16-24(22-33)20-30(25)34(26)19-18-32/h1-17,20-21H,18-19,23H2. The van der Waals surface area contributed by atoms with Crippen LogP contribution in [0, 0.1) is 11.3 Å². The zero-order chi connectivity index (χ0) is 24.3. The molecule has 0 N–H and O–H groups in total. The van der Waals surface area contributed by atoms with Crippen LogP contribution in [-0.2, 0) is 12.7 Å². The maximum atomic E-state index is 13.9. The van der Waals surface area contributed by atoms with Crippen LogP contribution in [0.15, 0.2) is 115 Å². The molecule has 0 fully saturated rings. The van der Waals surface area contributed by atoms with Gasteiger partial charge in [-0.2, -0.15) is 0 Å². The molecule has 5 heteroatoms. The van der Waals surface area contributed by atoms with Gasteiger partial charge in [-0.15, -0.1) is 0 Å². The first-order chi connectivity index (χ1) is 17.1. The number of nitrogens with zero attached hydrogens (tertiary/aromatic N) is 2. The number of alkyl halides is 1. The minimum atomic E-state index is -3.23. The number of nitriles is 1. The summed E-state index contributed by atoms with van der Waals surface area (Å²) in [4.78, 5) is 0. The summed E-state index contributed by atoms with van der Waals surface area (Å²) in [6.45, 7) is -0.237. The van der Waals surface area contributed by atoms with Gasteiger partial charge in [-0.3, -0.25) is 0 Å². The molecule has 0 aliphatic heterocycles. The molecule has 1 aromatic heterocycles. The van der Waals surface area contributed by atoms with Crippen LogP contribution in [0.3, 0.4) is 0 Å². The second kappa shape index (κ2) is 9.42. The molecular weight excluding hydrogens is 518 g/mol. The van der Waals surface area contributed by atoms with Crippen LogP contribution < -0.4 is 15.9 Å². The zero-order valence-electron chi connectivity index (χ0n) is 19.2. The van der Waals surface area contributed by atoms with E-state index >= 15 is 0 Å². The van der Waals surface area contributed by atoms with Crippen molar-refractivity contribution in [2.75, 3.05) is 6.67 Å². The summed E-state index contributed by atoms with van der Waals surface area (Å²) in [5, 5.41) is 10.9. The maximum absolute atomic E-state index is 13.9. The third kappa shape index (κ3) is 3.90. The first-order valence-electron chi connectivity index (χ1n) is 11.6. The van der Waals surface area contributed by atoms with E-state index in [9.17, 15) is 9.65 Å². The predicted octanol–water partition coefficient (Wildman–Crippen LogP) is 6.82. The van der Waals surface area contributed by atoms with Gasteiger partial charge in [0, 0.05) is 0 Å². The van der Waals surface area contributed by atoms with Crippen molar-refractivity contribution in [1.82, 2.24) is 4.57 Å². The molecule has 1 heterocycles. The van der Waals surface area contributed by atoms with Gasteiger partial charge in [0.2, 0.25) is 0 Å². The van der Waals surface area contributed by atoms with E-state index in [-0.39, 0.29) is 6.54 Å². The number of benzene rings is 4. The molecule has 0 saturated carbocycles. The van der Waals surface area contributed by atoms with E-state index in [1.165, 1.54) is 15.9 Å². The fraction of sp³-hybridized carbons (Fsp3) is 0.100. The minimum absolute atomic E-state index is 0.242. The van der Waals surface area contributed by atoms with Crippen molar-refractivity contribution in [2.24, 2.45) is 0 Å². The molecule has 174 valence electrons. The van der Waals surface area contributed by atoms with E-state index in [0.29, 0.717) is 11.7 Å². The molecule has 0 unspecified atom stereocenters. The average molecular weight is 543 g/mol. The number of hydrogen-bond acceptors (Lipinski definition) is 1. The van der Waals surface area contributed by atoms with Gasteiger partial charge in [0.25, 0.3) is 0 Å². The van der Waals surface area contributed by atoms with Crippen LogP contribution in [0.1, 0.15) is 11.3 Å². The van der Waals surface area contributed by atoms with Crippen molar-refractivity contribution in [3.63, 3.8) is 0 Å². The Kier molecular flexibility index (Phi) is 6.32. The number of fused-ring (bicyclic) bond motifs is 1. The van der Waals surface area contributed by atoms with Crippen LogP contribution in [-0.4, -0.2) is 11.2 Å². The van der Waals surface area contributed by atoms with E-state index in [0.717, 1.165) is 16.6 Å². The van der Waals surface area contributed by atoms with Crippen LogP contribution in [0.4, 0.5) is 4.39 Å². The summed E-state index contributed by atoms with van der Waals surface area (Å²) in [6, 6.07) is 41.8. The number of aromatic nitrogens is 1. The number of rotatable bonds is 7. The fourth-order valence-corrected chi connectivity index (χ4v) is 12.7. The Morgan fingerprint density at radius 2 is 1.26 bits per heavy atom. The van der Waals surface area contributed by atoms with Crippen molar-refractivity contribution in [1.29, 1.82) is 5.26 Å². The molecular formula is C30H25BrFN2P. The Labute approximate surface area is 213 Å². The van der Waals surface area contributed by atoms with Gasteiger partial charge in [0.05, 0.1) is 0 Å². The van der Waals surface area contributed by atoms with Gasteiger partial charge in [-0.1, -0.05) is 0 Å². The summed E-state index contributed by atoms with van der Waals surface area (Å²) in [6.07, 6.45) is 0.667. The van der Waals surface area contributed by atoms with Gasteiger partial charge in [0.1, 0.15) is 0 Å². The second-order valence-corrected chi connectivity index (χ2v) is 17.6. The summed E-state index contributed by atoms with van der Waals surface area (Å²) in [5.74, 6) is 0. The SMILES string of the molecule is N#Cc1ccc2cc(CP(Br)(c3ccccc3)(c3ccccc3)c3ccccc3)n(CCF)c2c1. The van der Waals surface area contributed by atoms with Crippen molar-refractivity contribution in [3.05, 3.63) is 127 Å². The van der Waals surface area contributed by atoms with E-state index < -0.39 is 12.0 Å². The summed E-state index contributed by atoms with van der Waals surface area (Å²) in [5.41, 5.74) is 2.51. The molecule has 0 spiro atoms. The first-order valence-corrected chi connectivity index (χ1v) is 16.0. The molecule has 4 aromatic carbocycles. The fourth-order valence-electron chi connectivity index (χ4n) is 5.10. The van der Waals surface area contributed by atoms with E-state index in [2.05, 4.69) is 100 Å². The number of aryl methyl sites for hydroxylation is 1. The average Bonchev–Trinajstić information content (AvgIpc) is 3.26. The van der Waals surface area contributed by atoms with E-state index in [4.69, 9.17) is 0 Å². The van der Waals surface area contributed by atoms with E-state index in [1.54, 1.807) is 0 Å². The van der Waals surface area contributed by atoms with E-state index in [1.807, 2.05) is 41.0 Å². The Balaban J connectivity index is 1.86. The molecule has 0 atom stereocenters. The summed E-state index contributed by atoms with van der Waals surface area (Å²) >= 11 is 4.50. The van der Waals surface area contributed by atoms with Gasteiger partial charge in [-0.25, -0.2) is 0 Å². The van der Waals surface area contributed by atoms with Crippen molar-refractivity contribution >= 4 is 47.6 Å². The number of hydrogen-bond donors (Lipinski definition) is 0. The van der Waals surface area contributed by atoms with Gasteiger partial charge >= 0.3 is 214 Å². The molecule has 0 aliphatic carbocycles. The third-order valence-corrected chi connectivity index (χ3v) is 16.3. The second-order valence-electron chi connectivity index (χ2n) is 8.71. The Bertz CT molecular complexity index is 1410. The van der Waals surface area contributed by atoms with Crippen molar-refractivity contribution in [3.8, 4) is 6.07 Å². The normalized spacial score (nSPS) is 12.7. The molecule has 0 amide bonds. The summed E-state index contributed by atoms with van der Waals surface area (Å²) in [7, 11) is 0.